The minimum atomic E-state index is -4.80. The molecule has 1 N–H and O–H groups in total. The zero-order chi connectivity index (χ0) is 11.6. The Morgan fingerprint density at radius 3 is 2.00 bits per heavy atom. The zero-order valence-corrected chi connectivity index (χ0v) is 8.62. The second-order valence-corrected chi connectivity index (χ2v) is 3.39. The number of halogens is 5. The van der Waals surface area contributed by atoms with Crippen LogP contribution in [0.1, 0.15) is 5.56 Å². The van der Waals surface area contributed by atoms with Gasteiger partial charge in [0.2, 0.25) is 0 Å². The summed E-state index contributed by atoms with van der Waals surface area (Å²) >= 11 is 11.1. The molecular weight excluding hydrogens is 256 g/mol. The molecule has 0 aliphatic heterocycles. The van der Waals surface area contributed by atoms with Crippen molar-refractivity contribution >= 4 is 23.2 Å². The summed E-state index contributed by atoms with van der Waals surface area (Å²) in [4.78, 5) is 0. The molecule has 7 heteroatoms. The zero-order valence-electron chi connectivity index (χ0n) is 7.11. The molecule has 0 aliphatic rings. The molecule has 0 bridgehead atoms. The summed E-state index contributed by atoms with van der Waals surface area (Å²) in [5.41, 5.74) is 0.160. The molecule has 0 atom stereocenters. The third-order valence-corrected chi connectivity index (χ3v) is 2.18. The van der Waals surface area contributed by atoms with Gasteiger partial charge in [0.25, 0.3) is 0 Å². The summed E-state index contributed by atoms with van der Waals surface area (Å²) in [5, 5.41) is 8.63. The third-order valence-electron chi connectivity index (χ3n) is 1.51. The lowest BCUT2D eigenvalue weighted by Crippen LogP contribution is -2.17. The maximum atomic E-state index is 11.8. The van der Waals surface area contributed by atoms with E-state index in [9.17, 15) is 13.2 Å². The SMILES string of the molecule is OCc1c(Cl)cc(OC(F)(F)F)cc1Cl. The molecule has 0 radical (unpaired) electrons. The number of benzene rings is 1. The molecule has 0 fully saturated rings. The molecule has 0 aliphatic carbocycles. The molecule has 0 spiro atoms. The Hall–Kier alpha value is -0.650. The molecule has 0 saturated heterocycles. The van der Waals surface area contributed by atoms with Crippen LogP contribution in [0.4, 0.5) is 13.2 Å². The van der Waals surface area contributed by atoms with Crippen LogP contribution in [0.3, 0.4) is 0 Å². The monoisotopic (exact) mass is 260 g/mol. The van der Waals surface area contributed by atoms with Gasteiger partial charge in [0, 0.05) is 5.56 Å². The highest BCUT2D eigenvalue weighted by molar-refractivity contribution is 6.36. The summed E-state index contributed by atoms with van der Waals surface area (Å²) in [6.45, 7) is -0.454. The highest BCUT2D eigenvalue weighted by Gasteiger charge is 2.31. The molecule has 2 nitrogen and oxygen atoms in total. The van der Waals surface area contributed by atoms with E-state index in [4.69, 9.17) is 28.3 Å². The van der Waals surface area contributed by atoms with Gasteiger partial charge in [0.15, 0.2) is 0 Å². The largest absolute Gasteiger partial charge is 0.573 e. The maximum Gasteiger partial charge on any atom is 0.573 e. The summed E-state index contributed by atoms with van der Waals surface area (Å²) in [6.07, 6.45) is -4.80. The molecule has 0 aromatic heterocycles. The van der Waals surface area contributed by atoms with Gasteiger partial charge >= 0.3 is 6.36 Å². The van der Waals surface area contributed by atoms with Gasteiger partial charge in [-0.1, -0.05) is 23.2 Å². The van der Waals surface area contributed by atoms with Crippen molar-refractivity contribution < 1.29 is 23.0 Å². The van der Waals surface area contributed by atoms with Crippen LogP contribution in [-0.2, 0) is 6.61 Å². The number of ether oxygens (including phenoxy) is 1. The molecule has 0 saturated carbocycles. The lowest BCUT2D eigenvalue weighted by molar-refractivity contribution is -0.274. The number of aliphatic hydroxyl groups excluding tert-OH is 1. The molecule has 0 unspecified atom stereocenters. The predicted molar refractivity (Wildman–Crippen MR) is 49.1 cm³/mol. The van der Waals surface area contributed by atoms with Crippen LogP contribution in [0.25, 0.3) is 0 Å². The molecular formula is C8H5Cl2F3O2. The highest BCUT2D eigenvalue weighted by atomic mass is 35.5. The fourth-order valence-corrected chi connectivity index (χ4v) is 1.51. The Balaban J connectivity index is 3.04. The molecule has 1 aromatic carbocycles. The third kappa shape index (κ3) is 3.44. The second kappa shape index (κ2) is 4.47. The van der Waals surface area contributed by atoms with Gasteiger partial charge in [-0.25, -0.2) is 0 Å². The summed E-state index contributed by atoms with van der Waals surface area (Å²) < 4.78 is 39.1. The summed E-state index contributed by atoms with van der Waals surface area (Å²) in [5.74, 6) is -0.519. The first-order valence-electron chi connectivity index (χ1n) is 3.68. The second-order valence-electron chi connectivity index (χ2n) is 2.57. The highest BCUT2D eigenvalue weighted by Crippen LogP contribution is 2.32. The molecule has 15 heavy (non-hydrogen) atoms. The van der Waals surface area contributed by atoms with E-state index in [1.165, 1.54) is 0 Å². The Bertz CT molecular complexity index is 342. The predicted octanol–water partition coefficient (Wildman–Crippen LogP) is 3.38. The van der Waals surface area contributed by atoms with Gasteiger partial charge < -0.3 is 9.84 Å². The topological polar surface area (TPSA) is 29.5 Å². The molecule has 1 rings (SSSR count). The lowest BCUT2D eigenvalue weighted by Gasteiger charge is -2.11. The molecule has 0 heterocycles. The fourth-order valence-electron chi connectivity index (χ4n) is 0.923. The summed E-state index contributed by atoms with van der Waals surface area (Å²) in [7, 11) is 0. The lowest BCUT2D eigenvalue weighted by atomic mass is 10.2. The Morgan fingerprint density at radius 2 is 1.67 bits per heavy atom. The van der Waals surface area contributed by atoms with Crippen LogP contribution >= 0.6 is 23.2 Å². The molecule has 84 valence electrons. The van der Waals surface area contributed by atoms with E-state index >= 15 is 0 Å². The van der Waals surface area contributed by atoms with E-state index in [0.717, 1.165) is 12.1 Å². The van der Waals surface area contributed by atoms with Gasteiger partial charge in [-0.15, -0.1) is 13.2 Å². The van der Waals surface area contributed by atoms with Crippen LogP contribution in [0.2, 0.25) is 10.0 Å². The van der Waals surface area contributed by atoms with Crippen LogP contribution in [0.5, 0.6) is 5.75 Å². The molecule has 1 aromatic rings. The van der Waals surface area contributed by atoms with Crippen LogP contribution in [-0.4, -0.2) is 11.5 Å². The van der Waals surface area contributed by atoms with Gasteiger partial charge in [0.05, 0.1) is 16.7 Å². The van der Waals surface area contributed by atoms with Gasteiger partial charge in [-0.2, -0.15) is 0 Å². The number of rotatable bonds is 2. The number of alkyl halides is 3. The minimum Gasteiger partial charge on any atom is -0.406 e. The standard InChI is InChI=1S/C8H5Cl2F3O2/c9-6-1-4(15-8(11,12)13)2-7(10)5(6)3-14/h1-2,14H,3H2. The van der Waals surface area contributed by atoms with E-state index in [1.807, 2.05) is 0 Å². The van der Waals surface area contributed by atoms with E-state index in [1.54, 1.807) is 0 Å². The maximum absolute atomic E-state index is 11.8. The van der Waals surface area contributed by atoms with Crippen molar-refractivity contribution in [3.63, 3.8) is 0 Å². The van der Waals surface area contributed by atoms with Crippen molar-refractivity contribution in [2.45, 2.75) is 13.0 Å². The fraction of sp³-hybridized carbons (Fsp3) is 0.250. The normalized spacial score (nSPS) is 11.6. The van der Waals surface area contributed by atoms with Crippen LogP contribution in [0, 0.1) is 0 Å². The Kier molecular flexibility index (Phi) is 3.70. The first-order valence-corrected chi connectivity index (χ1v) is 4.43. The first kappa shape index (κ1) is 12.4. The minimum absolute atomic E-state index is 0.0794. The van der Waals surface area contributed by atoms with Gasteiger partial charge in [-0.3, -0.25) is 0 Å². The quantitative estimate of drug-likeness (QED) is 0.884. The van der Waals surface area contributed by atoms with E-state index in [0.29, 0.717) is 0 Å². The average molecular weight is 261 g/mol. The summed E-state index contributed by atoms with van der Waals surface area (Å²) in [6, 6.07) is 1.87. The van der Waals surface area contributed by atoms with Crippen molar-refractivity contribution in [1.82, 2.24) is 0 Å². The molecule has 0 amide bonds. The Morgan fingerprint density at radius 1 is 1.20 bits per heavy atom. The number of hydrogen-bond donors (Lipinski definition) is 1. The first-order chi connectivity index (χ1) is 6.83. The van der Waals surface area contributed by atoms with E-state index in [-0.39, 0.29) is 15.6 Å². The van der Waals surface area contributed by atoms with Gasteiger partial charge in [-0.05, 0) is 12.1 Å². The Labute approximate surface area is 93.2 Å². The number of hydrogen-bond acceptors (Lipinski definition) is 2. The number of aliphatic hydroxyl groups is 1. The van der Waals surface area contributed by atoms with Crippen LogP contribution in [0.15, 0.2) is 12.1 Å². The van der Waals surface area contributed by atoms with E-state index in [2.05, 4.69) is 4.74 Å². The van der Waals surface area contributed by atoms with E-state index < -0.39 is 18.7 Å². The van der Waals surface area contributed by atoms with Crippen LogP contribution < -0.4 is 4.74 Å². The van der Waals surface area contributed by atoms with Crippen molar-refractivity contribution in [3.05, 3.63) is 27.7 Å². The van der Waals surface area contributed by atoms with Crippen molar-refractivity contribution in [2.75, 3.05) is 0 Å². The van der Waals surface area contributed by atoms with Gasteiger partial charge in [0.1, 0.15) is 5.75 Å². The van der Waals surface area contributed by atoms with Crippen molar-refractivity contribution in [1.29, 1.82) is 0 Å². The average Bonchev–Trinajstić information content (AvgIpc) is 1.99. The van der Waals surface area contributed by atoms with Crippen molar-refractivity contribution in [2.24, 2.45) is 0 Å². The smallest absolute Gasteiger partial charge is 0.406 e. The van der Waals surface area contributed by atoms with Crippen molar-refractivity contribution in [3.8, 4) is 5.75 Å².